The second-order valence-electron chi connectivity index (χ2n) is 8.31. The predicted octanol–water partition coefficient (Wildman–Crippen LogP) is 5.01. The third-order valence-corrected chi connectivity index (χ3v) is 7.10. The second kappa shape index (κ2) is 7.91. The maximum atomic E-state index is 12.6. The first-order valence-electron chi connectivity index (χ1n) is 10.6. The molecular formula is C25H24N4O2S. The van der Waals surface area contributed by atoms with E-state index in [-0.39, 0.29) is 4.90 Å². The molecule has 5 rings (SSSR count). The number of hydrogen-bond donors (Lipinski definition) is 1. The molecule has 0 bridgehead atoms. The van der Waals surface area contributed by atoms with E-state index in [1.54, 1.807) is 36.4 Å². The van der Waals surface area contributed by atoms with Crippen LogP contribution in [0.25, 0.3) is 16.9 Å². The Bertz CT molecular complexity index is 1400. The van der Waals surface area contributed by atoms with Crippen LogP contribution >= 0.6 is 0 Å². The number of aryl methyl sites for hydroxylation is 1. The first-order valence-corrected chi connectivity index (χ1v) is 12.1. The summed E-state index contributed by atoms with van der Waals surface area (Å²) in [6.45, 7) is 6.10. The molecule has 0 atom stereocenters. The van der Waals surface area contributed by atoms with Crippen molar-refractivity contribution < 1.29 is 8.42 Å². The Morgan fingerprint density at radius 2 is 1.78 bits per heavy atom. The number of pyridine rings is 1. The van der Waals surface area contributed by atoms with Gasteiger partial charge in [-0.1, -0.05) is 48.0 Å². The summed E-state index contributed by atoms with van der Waals surface area (Å²) in [4.78, 5) is 4.89. The topological polar surface area (TPSA) is 76.4 Å². The molecule has 0 radical (unpaired) electrons. The lowest BCUT2D eigenvalue weighted by atomic mass is 10.1. The van der Waals surface area contributed by atoms with E-state index in [1.807, 2.05) is 41.8 Å². The number of anilines is 1. The smallest absolute Gasteiger partial charge is 0.261 e. The van der Waals surface area contributed by atoms with Crippen LogP contribution in [-0.2, 0) is 16.4 Å². The molecule has 162 valence electrons. The van der Waals surface area contributed by atoms with Crippen LogP contribution in [0.3, 0.4) is 0 Å². The second-order valence-corrected chi connectivity index (χ2v) is 10.00. The Morgan fingerprint density at radius 3 is 2.47 bits per heavy atom. The molecule has 0 aliphatic heterocycles. The standard InChI is InChI=1S/C25H24N4O2S/c1-17-6-14-22(15-7-17)32(30,31)28-21-12-10-20(11-13-21)23-4-3-5-25-26-24(27-29(23)25)16-18(2)19-8-9-19/h3-7,10-15,19,28H,2,8-9,16H2,1H3. The number of allylic oxidation sites excluding steroid dienone is 1. The van der Waals surface area contributed by atoms with Crippen LogP contribution in [-0.4, -0.2) is 23.0 Å². The van der Waals surface area contributed by atoms with Crippen molar-refractivity contribution in [2.24, 2.45) is 5.92 Å². The van der Waals surface area contributed by atoms with E-state index >= 15 is 0 Å². The molecule has 1 saturated carbocycles. The highest BCUT2D eigenvalue weighted by Gasteiger charge is 2.25. The number of nitrogens with zero attached hydrogens (tertiary/aromatic N) is 3. The number of nitrogens with one attached hydrogen (secondary N) is 1. The van der Waals surface area contributed by atoms with Gasteiger partial charge < -0.3 is 0 Å². The van der Waals surface area contributed by atoms with E-state index in [1.165, 1.54) is 18.4 Å². The van der Waals surface area contributed by atoms with Crippen LogP contribution in [0.4, 0.5) is 5.69 Å². The van der Waals surface area contributed by atoms with Gasteiger partial charge in [-0.2, -0.15) is 5.10 Å². The summed E-state index contributed by atoms with van der Waals surface area (Å²) in [6.07, 6.45) is 3.14. The van der Waals surface area contributed by atoms with Crippen LogP contribution in [0, 0.1) is 12.8 Å². The van der Waals surface area contributed by atoms with Gasteiger partial charge >= 0.3 is 0 Å². The minimum Gasteiger partial charge on any atom is -0.280 e. The quantitative estimate of drug-likeness (QED) is 0.406. The maximum Gasteiger partial charge on any atom is 0.261 e. The van der Waals surface area contributed by atoms with Crippen LogP contribution in [0.2, 0.25) is 0 Å². The minimum atomic E-state index is -3.64. The number of aromatic nitrogens is 3. The van der Waals surface area contributed by atoms with E-state index in [2.05, 4.69) is 16.3 Å². The lowest BCUT2D eigenvalue weighted by Gasteiger charge is -2.10. The largest absolute Gasteiger partial charge is 0.280 e. The van der Waals surface area contributed by atoms with E-state index in [4.69, 9.17) is 5.10 Å². The maximum absolute atomic E-state index is 12.6. The predicted molar refractivity (Wildman–Crippen MR) is 126 cm³/mol. The highest BCUT2D eigenvalue weighted by atomic mass is 32.2. The normalized spacial score (nSPS) is 13.9. The van der Waals surface area contributed by atoms with Crippen LogP contribution in [0.1, 0.15) is 24.2 Å². The van der Waals surface area contributed by atoms with Gasteiger partial charge in [0.1, 0.15) is 0 Å². The van der Waals surface area contributed by atoms with Gasteiger partial charge in [-0.05, 0) is 62.1 Å². The van der Waals surface area contributed by atoms with Crippen molar-refractivity contribution in [2.75, 3.05) is 4.72 Å². The van der Waals surface area contributed by atoms with Crippen molar-refractivity contribution in [2.45, 2.75) is 31.1 Å². The third-order valence-electron chi connectivity index (χ3n) is 5.71. The Balaban J connectivity index is 1.39. The molecule has 0 saturated heterocycles. The number of rotatable bonds is 7. The SMILES string of the molecule is C=C(Cc1nc2cccc(-c3ccc(NS(=O)(=O)c4ccc(C)cc4)cc3)n2n1)C1CC1. The molecule has 1 aliphatic rings. The third kappa shape index (κ3) is 4.16. The molecule has 0 unspecified atom stereocenters. The molecule has 2 aromatic carbocycles. The van der Waals surface area contributed by atoms with Gasteiger partial charge in [0.15, 0.2) is 11.5 Å². The molecule has 2 aromatic heterocycles. The molecule has 32 heavy (non-hydrogen) atoms. The molecule has 0 amide bonds. The van der Waals surface area contributed by atoms with Crippen molar-refractivity contribution >= 4 is 21.4 Å². The Kier molecular flexibility index (Phi) is 5.06. The molecular weight excluding hydrogens is 420 g/mol. The van der Waals surface area contributed by atoms with Crippen LogP contribution in [0.15, 0.2) is 83.8 Å². The molecule has 4 aromatic rings. The van der Waals surface area contributed by atoms with Gasteiger partial charge in [0.2, 0.25) is 0 Å². The molecule has 7 heteroatoms. The lowest BCUT2D eigenvalue weighted by molar-refractivity contribution is 0.601. The molecule has 6 nitrogen and oxygen atoms in total. The summed E-state index contributed by atoms with van der Waals surface area (Å²) in [5.74, 6) is 1.40. The van der Waals surface area contributed by atoms with Gasteiger partial charge in [-0.15, -0.1) is 0 Å². The Labute approximate surface area is 187 Å². The zero-order chi connectivity index (χ0) is 22.3. The van der Waals surface area contributed by atoms with Gasteiger partial charge in [0, 0.05) is 17.7 Å². The summed E-state index contributed by atoms with van der Waals surface area (Å²) in [5, 5.41) is 4.70. The number of hydrogen-bond acceptors (Lipinski definition) is 4. The number of benzene rings is 2. The summed E-state index contributed by atoms with van der Waals surface area (Å²) < 4.78 is 29.8. The van der Waals surface area contributed by atoms with Crippen molar-refractivity contribution in [3.05, 3.63) is 90.3 Å². The monoisotopic (exact) mass is 444 g/mol. The van der Waals surface area contributed by atoms with E-state index in [0.29, 0.717) is 18.0 Å². The van der Waals surface area contributed by atoms with Gasteiger partial charge in [0.05, 0.1) is 10.6 Å². The summed E-state index contributed by atoms with van der Waals surface area (Å²) in [7, 11) is -3.64. The van der Waals surface area contributed by atoms with Crippen LogP contribution in [0.5, 0.6) is 0 Å². The van der Waals surface area contributed by atoms with Gasteiger partial charge in [-0.3, -0.25) is 4.72 Å². The van der Waals surface area contributed by atoms with E-state index < -0.39 is 10.0 Å². The molecule has 1 N–H and O–H groups in total. The fraction of sp³-hybridized carbons (Fsp3) is 0.200. The first kappa shape index (κ1) is 20.5. The average molecular weight is 445 g/mol. The van der Waals surface area contributed by atoms with Crippen molar-refractivity contribution in [3.63, 3.8) is 0 Å². The van der Waals surface area contributed by atoms with E-state index in [9.17, 15) is 8.42 Å². The van der Waals surface area contributed by atoms with Gasteiger partial charge in [0.25, 0.3) is 10.0 Å². The van der Waals surface area contributed by atoms with Gasteiger partial charge in [-0.25, -0.2) is 17.9 Å². The Hall–Kier alpha value is -3.45. The van der Waals surface area contributed by atoms with Crippen molar-refractivity contribution in [1.82, 2.24) is 14.6 Å². The average Bonchev–Trinajstić information content (AvgIpc) is 3.54. The van der Waals surface area contributed by atoms with Crippen molar-refractivity contribution in [3.8, 4) is 11.3 Å². The molecule has 1 fully saturated rings. The zero-order valence-corrected chi connectivity index (χ0v) is 18.6. The van der Waals surface area contributed by atoms with Crippen LogP contribution < -0.4 is 4.72 Å². The fourth-order valence-electron chi connectivity index (χ4n) is 3.72. The fourth-order valence-corrected chi connectivity index (χ4v) is 4.78. The number of sulfonamides is 1. The Morgan fingerprint density at radius 1 is 1.06 bits per heavy atom. The first-order chi connectivity index (χ1) is 15.4. The lowest BCUT2D eigenvalue weighted by Crippen LogP contribution is -2.12. The highest BCUT2D eigenvalue weighted by molar-refractivity contribution is 7.92. The van der Waals surface area contributed by atoms with Crippen molar-refractivity contribution in [1.29, 1.82) is 0 Å². The summed E-state index contributed by atoms with van der Waals surface area (Å²) in [5.41, 5.74) is 5.31. The highest BCUT2D eigenvalue weighted by Crippen LogP contribution is 2.36. The minimum absolute atomic E-state index is 0.236. The summed E-state index contributed by atoms with van der Waals surface area (Å²) >= 11 is 0. The molecule has 0 spiro atoms. The van der Waals surface area contributed by atoms with E-state index in [0.717, 1.165) is 28.3 Å². The zero-order valence-electron chi connectivity index (χ0n) is 17.8. The number of fused-ring (bicyclic) bond motifs is 1. The molecule has 1 aliphatic carbocycles. The molecule has 2 heterocycles. The summed E-state index contributed by atoms with van der Waals surface area (Å²) in [6, 6.07) is 19.9.